The fourth-order valence-electron chi connectivity index (χ4n) is 1.65. The van der Waals surface area contributed by atoms with E-state index in [2.05, 4.69) is 15.9 Å². The van der Waals surface area contributed by atoms with E-state index in [1.165, 1.54) is 0 Å². The lowest BCUT2D eigenvalue weighted by atomic mass is 10.2. The van der Waals surface area contributed by atoms with E-state index in [1.807, 2.05) is 24.1 Å². The monoisotopic (exact) mass is 303 g/mol. The maximum atomic E-state index is 9.82. The van der Waals surface area contributed by atoms with Gasteiger partial charge in [-0.3, -0.25) is 4.90 Å². The number of halogens is 1. The fourth-order valence-corrected chi connectivity index (χ4v) is 2.06. The number of hydrogen-bond donors (Lipinski definition) is 2. The summed E-state index contributed by atoms with van der Waals surface area (Å²) in [6.07, 6.45) is -0.515. The van der Waals surface area contributed by atoms with Crippen molar-refractivity contribution < 1.29 is 14.9 Å². The largest absolute Gasteiger partial charge is 0.506 e. The van der Waals surface area contributed by atoms with Crippen LogP contribution in [0.25, 0.3) is 0 Å². The van der Waals surface area contributed by atoms with Gasteiger partial charge in [-0.15, -0.1) is 0 Å². The molecule has 1 unspecified atom stereocenters. The Labute approximate surface area is 110 Å². The van der Waals surface area contributed by atoms with Crippen LogP contribution in [0.4, 0.5) is 0 Å². The first-order valence-electron chi connectivity index (χ1n) is 5.36. The lowest BCUT2D eigenvalue weighted by Crippen LogP contribution is -2.31. The molecule has 0 aliphatic carbocycles. The molecule has 17 heavy (non-hydrogen) atoms. The molecule has 1 aromatic carbocycles. The Hall–Kier alpha value is -0.620. The standard InChI is InChI=1S/C12H18BrNO3/c1-14(7-10(15)8-17-2)6-9-4-3-5-11(13)12(9)16/h3-5,10,15-16H,6-8H2,1-2H3. The van der Waals surface area contributed by atoms with Crippen molar-refractivity contribution in [3.63, 3.8) is 0 Å². The first-order chi connectivity index (χ1) is 8.04. The van der Waals surface area contributed by atoms with Crippen molar-refractivity contribution in [2.45, 2.75) is 12.6 Å². The minimum absolute atomic E-state index is 0.251. The van der Waals surface area contributed by atoms with Crippen LogP contribution in [0.3, 0.4) is 0 Å². The Kier molecular flexibility index (Phi) is 5.91. The first-order valence-corrected chi connectivity index (χ1v) is 6.15. The molecular weight excluding hydrogens is 286 g/mol. The summed E-state index contributed by atoms with van der Waals surface area (Å²) >= 11 is 3.27. The van der Waals surface area contributed by atoms with Gasteiger partial charge < -0.3 is 14.9 Å². The van der Waals surface area contributed by atoms with Crippen molar-refractivity contribution in [1.82, 2.24) is 4.90 Å². The minimum Gasteiger partial charge on any atom is -0.506 e. The van der Waals surface area contributed by atoms with E-state index in [0.29, 0.717) is 24.2 Å². The van der Waals surface area contributed by atoms with Crippen LogP contribution >= 0.6 is 15.9 Å². The van der Waals surface area contributed by atoms with Crippen molar-refractivity contribution in [3.8, 4) is 5.75 Å². The average Bonchev–Trinajstić information content (AvgIpc) is 2.25. The van der Waals surface area contributed by atoms with E-state index in [0.717, 1.165) is 5.56 Å². The van der Waals surface area contributed by atoms with Crippen LogP contribution < -0.4 is 0 Å². The van der Waals surface area contributed by atoms with Crippen molar-refractivity contribution in [1.29, 1.82) is 0 Å². The zero-order valence-corrected chi connectivity index (χ0v) is 11.6. The Morgan fingerprint density at radius 2 is 2.18 bits per heavy atom. The molecule has 1 rings (SSSR count). The van der Waals surface area contributed by atoms with Crippen molar-refractivity contribution in [2.24, 2.45) is 0 Å². The highest BCUT2D eigenvalue weighted by Crippen LogP contribution is 2.28. The quantitative estimate of drug-likeness (QED) is 0.838. The van der Waals surface area contributed by atoms with Gasteiger partial charge >= 0.3 is 0 Å². The summed E-state index contributed by atoms with van der Waals surface area (Å²) in [5.74, 6) is 0.251. The van der Waals surface area contributed by atoms with Crippen molar-refractivity contribution >= 4 is 15.9 Å². The second-order valence-corrected chi connectivity index (χ2v) is 4.91. The number of rotatable bonds is 6. The van der Waals surface area contributed by atoms with Crippen LogP contribution in [0.5, 0.6) is 5.75 Å². The number of aliphatic hydroxyl groups excluding tert-OH is 1. The van der Waals surface area contributed by atoms with Crippen molar-refractivity contribution in [2.75, 3.05) is 27.3 Å². The molecule has 0 aliphatic heterocycles. The van der Waals surface area contributed by atoms with Gasteiger partial charge in [-0.2, -0.15) is 0 Å². The number of aromatic hydroxyl groups is 1. The van der Waals surface area contributed by atoms with E-state index >= 15 is 0 Å². The second kappa shape index (κ2) is 6.96. The number of para-hydroxylation sites is 1. The Morgan fingerprint density at radius 3 is 2.82 bits per heavy atom. The number of benzene rings is 1. The van der Waals surface area contributed by atoms with E-state index < -0.39 is 6.10 Å². The number of aliphatic hydroxyl groups is 1. The molecule has 2 N–H and O–H groups in total. The van der Waals surface area contributed by atoms with E-state index in [1.54, 1.807) is 13.2 Å². The molecule has 5 heteroatoms. The normalized spacial score (nSPS) is 13.0. The lowest BCUT2D eigenvalue weighted by Gasteiger charge is -2.20. The fraction of sp³-hybridized carbons (Fsp3) is 0.500. The molecule has 1 atom stereocenters. The minimum atomic E-state index is -0.515. The number of methoxy groups -OCH3 is 1. The van der Waals surface area contributed by atoms with Crippen LogP contribution in [0.15, 0.2) is 22.7 Å². The molecule has 0 aliphatic rings. The summed E-state index contributed by atoms with van der Waals surface area (Å²) in [6.45, 7) is 1.39. The third-order valence-corrected chi connectivity index (χ3v) is 3.03. The maximum Gasteiger partial charge on any atom is 0.134 e. The van der Waals surface area contributed by atoms with E-state index in [-0.39, 0.29) is 5.75 Å². The highest BCUT2D eigenvalue weighted by Gasteiger charge is 2.11. The summed E-state index contributed by atoms with van der Waals surface area (Å²) < 4.78 is 5.55. The van der Waals surface area contributed by atoms with Gasteiger partial charge in [-0.1, -0.05) is 12.1 Å². The van der Waals surface area contributed by atoms with Crippen LogP contribution in [0, 0.1) is 0 Å². The van der Waals surface area contributed by atoms with Gasteiger partial charge in [-0.25, -0.2) is 0 Å². The third-order valence-electron chi connectivity index (χ3n) is 2.39. The molecule has 0 heterocycles. The van der Waals surface area contributed by atoms with Crippen LogP contribution in [-0.4, -0.2) is 48.5 Å². The molecule has 0 bridgehead atoms. The van der Waals surface area contributed by atoms with E-state index in [4.69, 9.17) is 4.74 Å². The molecular formula is C12H18BrNO3. The molecule has 0 amide bonds. The topological polar surface area (TPSA) is 52.9 Å². The number of likely N-dealkylation sites (N-methyl/N-ethyl adjacent to an activating group) is 1. The lowest BCUT2D eigenvalue weighted by molar-refractivity contribution is 0.0417. The van der Waals surface area contributed by atoms with Gasteiger partial charge in [0.2, 0.25) is 0 Å². The van der Waals surface area contributed by atoms with Gasteiger partial charge in [-0.05, 0) is 29.0 Å². The molecule has 0 aromatic heterocycles. The van der Waals surface area contributed by atoms with Crippen LogP contribution in [0.2, 0.25) is 0 Å². The first kappa shape index (κ1) is 14.4. The Bertz CT molecular complexity index is 360. The van der Waals surface area contributed by atoms with Crippen LogP contribution in [-0.2, 0) is 11.3 Å². The summed E-state index contributed by atoms with van der Waals surface area (Å²) in [4.78, 5) is 1.94. The van der Waals surface area contributed by atoms with Gasteiger partial charge in [0.25, 0.3) is 0 Å². The number of phenolic OH excluding ortho intramolecular Hbond substituents is 1. The number of phenols is 1. The molecule has 96 valence electrons. The van der Waals surface area contributed by atoms with Gasteiger partial charge in [0.15, 0.2) is 0 Å². The predicted molar refractivity (Wildman–Crippen MR) is 70.0 cm³/mol. The Balaban J connectivity index is 2.56. The molecule has 0 saturated heterocycles. The van der Waals surface area contributed by atoms with Gasteiger partial charge in [0.05, 0.1) is 17.2 Å². The number of ether oxygens (including phenoxy) is 1. The summed E-state index contributed by atoms with van der Waals surface area (Å²) in [7, 11) is 3.45. The smallest absolute Gasteiger partial charge is 0.134 e. The molecule has 0 spiro atoms. The van der Waals surface area contributed by atoms with E-state index in [9.17, 15) is 10.2 Å². The molecule has 0 radical (unpaired) electrons. The summed E-state index contributed by atoms with van der Waals surface area (Å²) in [6, 6.07) is 5.52. The van der Waals surface area contributed by atoms with Gasteiger partial charge in [0.1, 0.15) is 5.75 Å². The number of nitrogens with zero attached hydrogens (tertiary/aromatic N) is 1. The van der Waals surface area contributed by atoms with Crippen molar-refractivity contribution in [3.05, 3.63) is 28.2 Å². The highest BCUT2D eigenvalue weighted by molar-refractivity contribution is 9.10. The number of hydrogen-bond acceptors (Lipinski definition) is 4. The predicted octanol–water partition coefficient (Wildman–Crippen LogP) is 1.59. The Morgan fingerprint density at radius 1 is 1.47 bits per heavy atom. The zero-order valence-electron chi connectivity index (χ0n) is 10.1. The third kappa shape index (κ3) is 4.63. The second-order valence-electron chi connectivity index (χ2n) is 4.05. The summed E-state index contributed by atoms with van der Waals surface area (Å²) in [5.41, 5.74) is 0.825. The average molecular weight is 304 g/mol. The van der Waals surface area contributed by atoms with Gasteiger partial charge in [0, 0.05) is 25.8 Å². The van der Waals surface area contributed by atoms with Crippen LogP contribution in [0.1, 0.15) is 5.56 Å². The molecule has 1 aromatic rings. The summed E-state index contributed by atoms with van der Waals surface area (Å²) in [5, 5.41) is 19.4. The molecule has 0 saturated carbocycles. The zero-order chi connectivity index (χ0) is 12.8. The maximum absolute atomic E-state index is 9.82. The molecule has 0 fully saturated rings. The SMILES string of the molecule is COCC(O)CN(C)Cc1cccc(Br)c1O. The highest BCUT2D eigenvalue weighted by atomic mass is 79.9. The molecule has 4 nitrogen and oxygen atoms in total.